The standard InChI is InChI=1S/C20H19N3O5S2/c1-3-28-20(26)23-7-6-12-15(9-23)30-18(16(12)19(25)27-2)22-17(24)11-4-5-13-14(8-11)29-10-21-13/h4-5,8,10H,3,6-7,9H2,1-2H3,(H,22,24). The summed E-state index contributed by atoms with van der Waals surface area (Å²) >= 11 is 2.74. The van der Waals surface area contributed by atoms with Crippen LogP contribution in [0.2, 0.25) is 0 Å². The quantitative estimate of drug-likeness (QED) is 0.612. The lowest BCUT2D eigenvalue weighted by atomic mass is 10.0. The molecular formula is C20H19N3O5S2. The molecule has 0 aliphatic carbocycles. The molecule has 1 aromatic carbocycles. The maximum Gasteiger partial charge on any atom is 0.410 e. The fourth-order valence-electron chi connectivity index (χ4n) is 3.35. The summed E-state index contributed by atoms with van der Waals surface area (Å²) < 4.78 is 10.9. The summed E-state index contributed by atoms with van der Waals surface area (Å²) in [6.45, 7) is 2.81. The molecule has 3 aromatic rings. The normalized spacial score (nSPS) is 13.1. The van der Waals surface area contributed by atoms with Gasteiger partial charge in [0.2, 0.25) is 0 Å². The first-order chi connectivity index (χ1) is 14.5. The average molecular weight is 446 g/mol. The number of nitrogens with one attached hydrogen (secondary N) is 1. The molecule has 0 fully saturated rings. The molecule has 0 unspecified atom stereocenters. The number of rotatable bonds is 4. The summed E-state index contributed by atoms with van der Waals surface area (Å²) in [4.78, 5) is 44.0. The number of hydrogen-bond acceptors (Lipinski definition) is 8. The Kier molecular flexibility index (Phi) is 5.69. The highest BCUT2D eigenvalue weighted by Crippen LogP contribution is 2.38. The van der Waals surface area contributed by atoms with Gasteiger partial charge in [-0.1, -0.05) is 0 Å². The van der Waals surface area contributed by atoms with Crippen LogP contribution in [-0.2, 0) is 22.4 Å². The first-order valence-electron chi connectivity index (χ1n) is 9.31. The van der Waals surface area contributed by atoms with Gasteiger partial charge in [0.15, 0.2) is 0 Å². The number of carbonyl (C=O) groups is 3. The fraction of sp³-hybridized carbons (Fsp3) is 0.300. The van der Waals surface area contributed by atoms with Crippen LogP contribution in [0.5, 0.6) is 0 Å². The van der Waals surface area contributed by atoms with Crippen molar-refractivity contribution in [1.29, 1.82) is 0 Å². The van der Waals surface area contributed by atoms with E-state index in [1.807, 2.05) is 0 Å². The molecule has 0 saturated heterocycles. The minimum atomic E-state index is -0.509. The second-order valence-corrected chi connectivity index (χ2v) is 8.55. The van der Waals surface area contributed by atoms with Gasteiger partial charge in [-0.05, 0) is 37.1 Å². The first kappa shape index (κ1) is 20.3. The number of hydrogen-bond donors (Lipinski definition) is 1. The van der Waals surface area contributed by atoms with Crippen LogP contribution in [0.1, 0.15) is 38.1 Å². The third-order valence-corrected chi connectivity index (χ3v) is 6.72. The van der Waals surface area contributed by atoms with E-state index in [2.05, 4.69) is 10.3 Å². The van der Waals surface area contributed by atoms with Gasteiger partial charge in [-0.3, -0.25) is 4.79 Å². The number of carbonyl (C=O) groups excluding carboxylic acids is 3. The van der Waals surface area contributed by atoms with Crippen molar-refractivity contribution in [3.8, 4) is 0 Å². The highest BCUT2D eigenvalue weighted by molar-refractivity contribution is 7.17. The van der Waals surface area contributed by atoms with Crippen molar-refractivity contribution in [3.63, 3.8) is 0 Å². The predicted octanol–water partition coefficient (Wildman–Crippen LogP) is 3.91. The number of thiophene rings is 1. The van der Waals surface area contributed by atoms with Crippen LogP contribution >= 0.6 is 22.7 Å². The van der Waals surface area contributed by atoms with E-state index >= 15 is 0 Å². The molecule has 0 radical (unpaired) electrons. The Morgan fingerprint density at radius 3 is 2.90 bits per heavy atom. The third-order valence-electron chi connectivity index (χ3n) is 4.79. The number of benzene rings is 1. The number of nitrogens with zero attached hydrogens (tertiary/aromatic N) is 2. The molecule has 0 atom stereocenters. The SMILES string of the molecule is CCOC(=O)N1CCc2c(sc(NC(=O)c3ccc4ncsc4c3)c2C(=O)OC)C1. The maximum absolute atomic E-state index is 12.9. The summed E-state index contributed by atoms with van der Waals surface area (Å²) in [5.41, 5.74) is 4.19. The van der Waals surface area contributed by atoms with Gasteiger partial charge >= 0.3 is 12.1 Å². The molecule has 0 saturated carbocycles. The first-order valence-corrected chi connectivity index (χ1v) is 11.0. The Bertz CT molecular complexity index is 1140. The summed E-state index contributed by atoms with van der Waals surface area (Å²) in [7, 11) is 1.31. The van der Waals surface area contributed by atoms with Crippen LogP contribution in [-0.4, -0.2) is 48.1 Å². The Morgan fingerprint density at radius 2 is 2.13 bits per heavy atom. The monoisotopic (exact) mass is 445 g/mol. The zero-order valence-corrected chi connectivity index (χ0v) is 18.0. The van der Waals surface area contributed by atoms with Crippen molar-refractivity contribution >= 4 is 55.9 Å². The Labute approximate surface area is 180 Å². The van der Waals surface area contributed by atoms with Gasteiger partial charge in [-0.25, -0.2) is 14.6 Å². The van der Waals surface area contributed by atoms with E-state index in [-0.39, 0.29) is 12.0 Å². The number of methoxy groups -OCH3 is 1. The van der Waals surface area contributed by atoms with E-state index in [0.717, 1.165) is 20.7 Å². The minimum absolute atomic E-state index is 0.297. The molecule has 1 aliphatic rings. The van der Waals surface area contributed by atoms with Crippen LogP contribution in [0, 0.1) is 0 Å². The zero-order valence-electron chi connectivity index (χ0n) is 16.4. The van der Waals surface area contributed by atoms with Crippen molar-refractivity contribution in [1.82, 2.24) is 9.88 Å². The predicted molar refractivity (Wildman–Crippen MR) is 114 cm³/mol. The Balaban J connectivity index is 1.63. The Morgan fingerprint density at radius 1 is 1.30 bits per heavy atom. The van der Waals surface area contributed by atoms with E-state index in [9.17, 15) is 14.4 Å². The number of fused-ring (bicyclic) bond motifs is 2. The molecule has 3 heterocycles. The molecule has 0 bridgehead atoms. The van der Waals surface area contributed by atoms with Crippen LogP contribution in [0.15, 0.2) is 23.7 Å². The van der Waals surface area contributed by atoms with Gasteiger partial charge in [0.25, 0.3) is 5.91 Å². The molecule has 10 heteroatoms. The number of anilines is 1. The lowest BCUT2D eigenvalue weighted by molar-refractivity contribution is 0.0600. The van der Waals surface area contributed by atoms with Gasteiger partial charge < -0.3 is 19.7 Å². The molecule has 4 rings (SSSR count). The number of thiazole rings is 1. The zero-order chi connectivity index (χ0) is 21.3. The van der Waals surface area contributed by atoms with Gasteiger partial charge in [0.05, 0.1) is 41.6 Å². The number of esters is 1. The van der Waals surface area contributed by atoms with E-state index in [1.165, 1.54) is 29.8 Å². The number of amides is 2. The summed E-state index contributed by atoms with van der Waals surface area (Å²) in [6.07, 6.45) is 0.0947. The van der Waals surface area contributed by atoms with Crippen LogP contribution in [0.3, 0.4) is 0 Å². The average Bonchev–Trinajstić information content (AvgIpc) is 3.36. The highest BCUT2D eigenvalue weighted by Gasteiger charge is 2.31. The number of aromatic nitrogens is 1. The molecule has 8 nitrogen and oxygen atoms in total. The van der Waals surface area contributed by atoms with Crippen LogP contribution < -0.4 is 5.32 Å². The number of ether oxygens (including phenoxy) is 2. The van der Waals surface area contributed by atoms with Crippen LogP contribution in [0.25, 0.3) is 10.2 Å². The Hall–Kier alpha value is -2.98. The second kappa shape index (κ2) is 8.41. The van der Waals surface area contributed by atoms with Gasteiger partial charge in [-0.2, -0.15) is 0 Å². The van der Waals surface area contributed by atoms with Crippen molar-refractivity contribution in [3.05, 3.63) is 45.3 Å². The molecule has 30 heavy (non-hydrogen) atoms. The lowest BCUT2D eigenvalue weighted by Crippen LogP contribution is -2.36. The second-order valence-electron chi connectivity index (χ2n) is 6.56. The summed E-state index contributed by atoms with van der Waals surface area (Å²) in [6, 6.07) is 5.26. The van der Waals surface area contributed by atoms with Gasteiger partial charge in [0, 0.05) is 17.0 Å². The molecule has 2 aromatic heterocycles. The minimum Gasteiger partial charge on any atom is -0.465 e. The molecule has 2 amide bonds. The van der Waals surface area contributed by atoms with Crippen molar-refractivity contribution in [2.45, 2.75) is 19.9 Å². The van der Waals surface area contributed by atoms with Crippen molar-refractivity contribution in [2.24, 2.45) is 0 Å². The third kappa shape index (κ3) is 3.75. The topological polar surface area (TPSA) is 97.8 Å². The fourth-order valence-corrected chi connectivity index (χ4v) is 5.31. The van der Waals surface area contributed by atoms with Crippen LogP contribution in [0.4, 0.5) is 9.80 Å². The van der Waals surface area contributed by atoms with Crippen molar-refractivity contribution in [2.75, 3.05) is 25.6 Å². The largest absolute Gasteiger partial charge is 0.465 e. The highest BCUT2D eigenvalue weighted by atomic mass is 32.1. The molecule has 156 valence electrons. The molecule has 1 N–H and O–H groups in total. The molecule has 0 spiro atoms. The van der Waals surface area contributed by atoms with E-state index < -0.39 is 5.97 Å². The van der Waals surface area contributed by atoms with Crippen molar-refractivity contribution < 1.29 is 23.9 Å². The maximum atomic E-state index is 12.9. The van der Waals surface area contributed by atoms with E-state index in [1.54, 1.807) is 35.5 Å². The van der Waals surface area contributed by atoms with E-state index in [4.69, 9.17) is 9.47 Å². The summed E-state index contributed by atoms with van der Waals surface area (Å²) in [5, 5.41) is 3.28. The molecule has 1 aliphatic heterocycles. The smallest absolute Gasteiger partial charge is 0.410 e. The van der Waals surface area contributed by atoms with E-state index in [0.29, 0.717) is 42.2 Å². The van der Waals surface area contributed by atoms with Gasteiger partial charge in [-0.15, -0.1) is 22.7 Å². The lowest BCUT2D eigenvalue weighted by Gasteiger charge is -2.26. The van der Waals surface area contributed by atoms with Gasteiger partial charge in [0.1, 0.15) is 5.00 Å². The summed E-state index contributed by atoms with van der Waals surface area (Å²) in [5.74, 6) is -0.832. The molecular weight excluding hydrogens is 426 g/mol.